The Hall–Kier alpha value is -0.280. The van der Waals surface area contributed by atoms with Gasteiger partial charge in [-0.15, -0.1) is 11.8 Å². The first-order valence-electron chi connectivity index (χ1n) is 5.28. The van der Waals surface area contributed by atoms with E-state index in [-0.39, 0.29) is 0 Å². The molecule has 0 radical (unpaired) electrons. The van der Waals surface area contributed by atoms with Crippen molar-refractivity contribution in [1.82, 2.24) is 9.97 Å². The van der Waals surface area contributed by atoms with Crippen LogP contribution in [0.5, 0.6) is 0 Å². The SMILES string of the molecule is CCCc1nc(Cl)cc(SCC(C)C)n1. The summed E-state index contributed by atoms with van der Waals surface area (Å²) in [7, 11) is 0. The molecule has 0 aliphatic rings. The largest absolute Gasteiger partial charge is 0.226 e. The smallest absolute Gasteiger partial charge is 0.133 e. The Labute approximate surface area is 101 Å². The van der Waals surface area contributed by atoms with Gasteiger partial charge in [-0.2, -0.15) is 0 Å². The molecule has 0 aliphatic carbocycles. The number of rotatable bonds is 5. The number of hydrogen-bond donors (Lipinski definition) is 0. The van der Waals surface area contributed by atoms with Crippen LogP contribution in [0.2, 0.25) is 5.15 Å². The molecule has 0 spiro atoms. The van der Waals surface area contributed by atoms with E-state index in [4.69, 9.17) is 11.6 Å². The fourth-order valence-electron chi connectivity index (χ4n) is 1.10. The highest BCUT2D eigenvalue weighted by Crippen LogP contribution is 2.21. The molecule has 0 aliphatic heterocycles. The molecule has 0 saturated heterocycles. The van der Waals surface area contributed by atoms with Crippen molar-refractivity contribution < 1.29 is 0 Å². The second-order valence-electron chi connectivity index (χ2n) is 3.90. The molecule has 0 bridgehead atoms. The molecule has 0 saturated carbocycles. The molecular formula is C11H17ClN2S. The van der Waals surface area contributed by atoms with Gasteiger partial charge in [-0.05, 0) is 12.3 Å². The Kier molecular flexibility index (Phi) is 5.40. The molecule has 15 heavy (non-hydrogen) atoms. The predicted molar refractivity (Wildman–Crippen MR) is 66.6 cm³/mol. The molecule has 0 aromatic carbocycles. The summed E-state index contributed by atoms with van der Waals surface area (Å²) < 4.78 is 0. The summed E-state index contributed by atoms with van der Waals surface area (Å²) in [5.41, 5.74) is 0. The van der Waals surface area contributed by atoms with Gasteiger partial charge in [-0.25, -0.2) is 9.97 Å². The highest BCUT2D eigenvalue weighted by atomic mass is 35.5. The number of aryl methyl sites for hydroxylation is 1. The second-order valence-corrected chi connectivity index (χ2v) is 5.33. The fourth-order valence-corrected chi connectivity index (χ4v) is 2.24. The minimum absolute atomic E-state index is 0.555. The summed E-state index contributed by atoms with van der Waals surface area (Å²) >= 11 is 7.68. The first-order chi connectivity index (χ1) is 7.11. The van der Waals surface area contributed by atoms with Gasteiger partial charge in [0.1, 0.15) is 16.0 Å². The van der Waals surface area contributed by atoms with Crippen molar-refractivity contribution in [3.05, 3.63) is 17.0 Å². The summed E-state index contributed by atoms with van der Waals surface area (Å²) in [4.78, 5) is 8.65. The highest BCUT2D eigenvalue weighted by molar-refractivity contribution is 7.99. The van der Waals surface area contributed by atoms with Crippen LogP contribution in [-0.4, -0.2) is 15.7 Å². The maximum Gasteiger partial charge on any atom is 0.133 e. The molecule has 1 heterocycles. The van der Waals surface area contributed by atoms with E-state index in [2.05, 4.69) is 30.7 Å². The highest BCUT2D eigenvalue weighted by Gasteiger charge is 2.04. The summed E-state index contributed by atoms with van der Waals surface area (Å²) in [5.74, 6) is 2.59. The molecule has 1 aromatic rings. The van der Waals surface area contributed by atoms with E-state index in [1.165, 1.54) is 0 Å². The standard InChI is InChI=1S/C11H17ClN2S/c1-4-5-10-13-9(12)6-11(14-10)15-7-8(2)3/h6,8H,4-5,7H2,1-3H3. The van der Waals surface area contributed by atoms with E-state index in [9.17, 15) is 0 Å². The third kappa shape index (κ3) is 4.85. The lowest BCUT2D eigenvalue weighted by atomic mass is 10.3. The predicted octanol–water partition coefficient (Wildman–Crippen LogP) is 3.83. The summed E-state index contributed by atoms with van der Waals surface area (Å²) in [6.07, 6.45) is 1.95. The van der Waals surface area contributed by atoms with E-state index in [1.54, 1.807) is 11.8 Å². The summed E-state index contributed by atoms with van der Waals surface area (Å²) in [6, 6.07) is 1.84. The maximum absolute atomic E-state index is 5.94. The lowest BCUT2D eigenvalue weighted by Gasteiger charge is -2.05. The lowest BCUT2D eigenvalue weighted by molar-refractivity contribution is 0.747. The van der Waals surface area contributed by atoms with Crippen molar-refractivity contribution >= 4 is 23.4 Å². The van der Waals surface area contributed by atoms with Crippen molar-refractivity contribution in [3.8, 4) is 0 Å². The van der Waals surface area contributed by atoms with Crippen molar-refractivity contribution in [3.63, 3.8) is 0 Å². The first-order valence-corrected chi connectivity index (χ1v) is 6.64. The van der Waals surface area contributed by atoms with Crippen molar-refractivity contribution in [2.24, 2.45) is 5.92 Å². The molecule has 0 amide bonds. The number of aromatic nitrogens is 2. The average molecular weight is 245 g/mol. The molecule has 2 nitrogen and oxygen atoms in total. The zero-order valence-electron chi connectivity index (χ0n) is 9.46. The van der Waals surface area contributed by atoms with Gasteiger partial charge < -0.3 is 0 Å². The van der Waals surface area contributed by atoms with Crippen LogP contribution in [-0.2, 0) is 6.42 Å². The fraction of sp³-hybridized carbons (Fsp3) is 0.636. The van der Waals surface area contributed by atoms with Crippen molar-refractivity contribution in [2.75, 3.05) is 5.75 Å². The van der Waals surface area contributed by atoms with Crippen LogP contribution in [0.4, 0.5) is 0 Å². The third-order valence-corrected chi connectivity index (χ3v) is 3.29. The average Bonchev–Trinajstić information content (AvgIpc) is 2.14. The van der Waals surface area contributed by atoms with Crippen molar-refractivity contribution in [2.45, 2.75) is 38.6 Å². The molecule has 0 atom stereocenters. The Morgan fingerprint density at radius 3 is 2.73 bits per heavy atom. The zero-order valence-corrected chi connectivity index (χ0v) is 11.0. The topological polar surface area (TPSA) is 25.8 Å². The van der Waals surface area contributed by atoms with Crippen LogP contribution in [0.15, 0.2) is 11.1 Å². The van der Waals surface area contributed by atoms with E-state index < -0.39 is 0 Å². The van der Waals surface area contributed by atoms with Gasteiger partial charge in [-0.3, -0.25) is 0 Å². The Morgan fingerprint density at radius 2 is 2.13 bits per heavy atom. The monoisotopic (exact) mass is 244 g/mol. The number of thioether (sulfide) groups is 1. The molecule has 0 fully saturated rings. The summed E-state index contributed by atoms with van der Waals surface area (Å²) in [6.45, 7) is 6.51. The van der Waals surface area contributed by atoms with Crippen LogP contribution in [0.25, 0.3) is 0 Å². The van der Waals surface area contributed by atoms with E-state index in [0.29, 0.717) is 11.1 Å². The molecular weight excluding hydrogens is 228 g/mol. The van der Waals surface area contributed by atoms with Gasteiger partial charge >= 0.3 is 0 Å². The Balaban J connectivity index is 2.70. The van der Waals surface area contributed by atoms with E-state index in [0.717, 1.165) is 29.4 Å². The normalized spacial score (nSPS) is 11.0. The van der Waals surface area contributed by atoms with Crippen LogP contribution >= 0.6 is 23.4 Å². The number of nitrogens with zero attached hydrogens (tertiary/aromatic N) is 2. The van der Waals surface area contributed by atoms with Crippen LogP contribution in [0.3, 0.4) is 0 Å². The Bertz CT molecular complexity index is 315. The van der Waals surface area contributed by atoms with Gasteiger partial charge in [-0.1, -0.05) is 32.4 Å². The lowest BCUT2D eigenvalue weighted by Crippen LogP contribution is -1.98. The molecule has 84 valence electrons. The van der Waals surface area contributed by atoms with Crippen molar-refractivity contribution in [1.29, 1.82) is 0 Å². The van der Waals surface area contributed by atoms with E-state index >= 15 is 0 Å². The van der Waals surface area contributed by atoms with Crippen LogP contribution in [0, 0.1) is 5.92 Å². The maximum atomic E-state index is 5.94. The molecule has 1 aromatic heterocycles. The zero-order chi connectivity index (χ0) is 11.3. The van der Waals surface area contributed by atoms with Gasteiger partial charge in [0.05, 0.1) is 0 Å². The van der Waals surface area contributed by atoms with Gasteiger partial charge in [0.25, 0.3) is 0 Å². The summed E-state index contributed by atoms with van der Waals surface area (Å²) in [5, 5.41) is 1.55. The Morgan fingerprint density at radius 1 is 1.40 bits per heavy atom. The van der Waals surface area contributed by atoms with E-state index in [1.807, 2.05) is 6.07 Å². The minimum atomic E-state index is 0.555. The molecule has 4 heteroatoms. The van der Waals surface area contributed by atoms with Gasteiger partial charge in [0.15, 0.2) is 0 Å². The minimum Gasteiger partial charge on any atom is -0.226 e. The molecule has 0 N–H and O–H groups in total. The quantitative estimate of drug-likeness (QED) is 0.582. The first kappa shape index (κ1) is 12.8. The second kappa shape index (κ2) is 6.33. The number of hydrogen-bond acceptors (Lipinski definition) is 3. The number of halogens is 1. The molecule has 1 rings (SSSR count). The van der Waals surface area contributed by atoms with Crippen LogP contribution < -0.4 is 0 Å². The molecule has 0 unspecified atom stereocenters. The van der Waals surface area contributed by atoms with Gasteiger partial charge in [0.2, 0.25) is 0 Å². The van der Waals surface area contributed by atoms with Gasteiger partial charge in [0, 0.05) is 18.2 Å². The van der Waals surface area contributed by atoms with Crippen LogP contribution in [0.1, 0.15) is 33.0 Å². The third-order valence-electron chi connectivity index (χ3n) is 1.76.